The summed E-state index contributed by atoms with van der Waals surface area (Å²) in [5.41, 5.74) is 0.914. The normalized spacial score (nSPS) is 23.7. The molecule has 2 fully saturated rings. The molecule has 4 rings (SSSR count). The number of carbonyl (C=O) groups excluding carboxylic acids is 1. The number of likely N-dealkylation sites (tertiary alicyclic amines) is 1. The van der Waals surface area contributed by atoms with Crippen LogP contribution in [0.1, 0.15) is 26.7 Å². The smallest absolute Gasteiger partial charge is 0.270 e. The topological polar surface area (TPSA) is 80.9 Å². The van der Waals surface area contributed by atoms with Crippen molar-refractivity contribution >= 4 is 22.5 Å². The van der Waals surface area contributed by atoms with Crippen molar-refractivity contribution in [1.29, 1.82) is 0 Å². The number of hydrogen-bond acceptors (Lipinski definition) is 5. The molecule has 0 radical (unpaired) electrons. The summed E-state index contributed by atoms with van der Waals surface area (Å²) in [7, 11) is 0. The van der Waals surface area contributed by atoms with Crippen molar-refractivity contribution < 1.29 is 14.5 Å². The number of piperidine rings is 1. The number of aromatic nitrogens is 1. The summed E-state index contributed by atoms with van der Waals surface area (Å²) in [6.45, 7) is 9.18. The zero-order chi connectivity index (χ0) is 21.3. The molecular formula is C22H30N4O4. The van der Waals surface area contributed by atoms with Gasteiger partial charge in [-0.15, -0.1) is 0 Å². The molecule has 2 aromatic rings. The number of benzene rings is 1. The van der Waals surface area contributed by atoms with Crippen LogP contribution in [-0.2, 0) is 16.1 Å². The molecule has 1 amide bonds. The number of non-ortho nitro benzene ring substituents is 1. The van der Waals surface area contributed by atoms with Gasteiger partial charge in [0.05, 0.1) is 17.1 Å². The molecule has 0 spiro atoms. The Morgan fingerprint density at radius 2 is 1.87 bits per heavy atom. The Labute approximate surface area is 176 Å². The van der Waals surface area contributed by atoms with Gasteiger partial charge in [-0.1, -0.05) is 0 Å². The van der Waals surface area contributed by atoms with Crippen LogP contribution in [0.3, 0.4) is 0 Å². The first-order chi connectivity index (χ1) is 14.4. The van der Waals surface area contributed by atoms with Crippen LogP contribution in [0.5, 0.6) is 0 Å². The Bertz CT molecular complexity index is 909. The first kappa shape index (κ1) is 20.8. The number of fused-ring (bicyclic) bond motifs is 1. The lowest BCUT2D eigenvalue weighted by atomic mass is 9.95. The van der Waals surface area contributed by atoms with Crippen molar-refractivity contribution in [2.75, 3.05) is 32.7 Å². The van der Waals surface area contributed by atoms with Gasteiger partial charge in [0.2, 0.25) is 5.91 Å². The number of nitrogens with zero attached hydrogens (tertiary/aromatic N) is 4. The van der Waals surface area contributed by atoms with Gasteiger partial charge in [0.15, 0.2) is 0 Å². The lowest BCUT2D eigenvalue weighted by Gasteiger charge is -2.39. The van der Waals surface area contributed by atoms with Crippen LogP contribution in [0.15, 0.2) is 30.5 Å². The number of morpholine rings is 1. The summed E-state index contributed by atoms with van der Waals surface area (Å²) in [5, 5.41) is 11.7. The molecule has 2 saturated heterocycles. The summed E-state index contributed by atoms with van der Waals surface area (Å²) in [6, 6.07) is 6.58. The lowest BCUT2D eigenvalue weighted by Crippen LogP contribution is -2.49. The SMILES string of the molecule is CC1CN(CC2CCN(C(=O)Cn3ccc4cc([N+](=O)[O-])ccc43)CC2)CC(C)O1. The highest BCUT2D eigenvalue weighted by Gasteiger charge is 2.28. The standard InChI is InChI=1S/C22H30N4O4/c1-16-12-23(13-17(2)30-16)14-18-5-8-24(9-6-18)22(27)15-25-10-7-19-11-20(26(28)29)3-4-21(19)25/h3-4,7,10-11,16-18H,5-6,8-9,12-15H2,1-2H3. The van der Waals surface area contributed by atoms with E-state index in [2.05, 4.69) is 18.7 Å². The molecule has 2 atom stereocenters. The predicted molar refractivity (Wildman–Crippen MR) is 114 cm³/mol. The quantitative estimate of drug-likeness (QED) is 0.555. The third-order valence-corrected chi connectivity index (χ3v) is 6.25. The average molecular weight is 415 g/mol. The van der Waals surface area contributed by atoms with Crippen LogP contribution in [-0.4, -0.2) is 70.1 Å². The van der Waals surface area contributed by atoms with Crippen molar-refractivity contribution in [1.82, 2.24) is 14.4 Å². The Balaban J connectivity index is 1.30. The third-order valence-electron chi connectivity index (χ3n) is 6.25. The maximum Gasteiger partial charge on any atom is 0.270 e. The molecule has 0 saturated carbocycles. The molecule has 8 heteroatoms. The lowest BCUT2D eigenvalue weighted by molar-refractivity contribution is -0.384. The van der Waals surface area contributed by atoms with E-state index in [1.165, 1.54) is 6.07 Å². The van der Waals surface area contributed by atoms with Gasteiger partial charge in [-0.05, 0) is 44.7 Å². The fraction of sp³-hybridized carbons (Fsp3) is 0.591. The highest BCUT2D eigenvalue weighted by Crippen LogP contribution is 2.24. The maximum atomic E-state index is 12.8. The fourth-order valence-corrected chi connectivity index (χ4v) is 4.85. The van der Waals surface area contributed by atoms with E-state index in [-0.39, 0.29) is 30.3 Å². The predicted octanol–water partition coefficient (Wildman–Crippen LogP) is 2.90. The number of ether oxygens (including phenoxy) is 1. The summed E-state index contributed by atoms with van der Waals surface area (Å²) >= 11 is 0. The van der Waals surface area contributed by atoms with Crippen LogP contribution < -0.4 is 0 Å². The summed E-state index contributed by atoms with van der Waals surface area (Å²) in [5.74, 6) is 0.734. The molecule has 0 bridgehead atoms. The number of amides is 1. The second kappa shape index (κ2) is 8.73. The first-order valence-corrected chi connectivity index (χ1v) is 10.8. The molecule has 3 heterocycles. The van der Waals surface area contributed by atoms with Gasteiger partial charge in [0.25, 0.3) is 5.69 Å². The van der Waals surface area contributed by atoms with Crippen molar-refractivity contribution in [2.24, 2.45) is 5.92 Å². The average Bonchev–Trinajstić information content (AvgIpc) is 3.09. The van der Waals surface area contributed by atoms with E-state index in [0.29, 0.717) is 5.92 Å². The van der Waals surface area contributed by atoms with Gasteiger partial charge >= 0.3 is 0 Å². The Morgan fingerprint density at radius 3 is 2.53 bits per heavy atom. The summed E-state index contributed by atoms with van der Waals surface area (Å²) in [6.07, 6.45) is 4.47. The molecule has 0 aliphatic carbocycles. The number of rotatable bonds is 5. The van der Waals surface area contributed by atoms with E-state index in [0.717, 1.165) is 56.5 Å². The molecule has 2 unspecified atom stereocenters. The van der Waals surface area contributed by atoms with Crippen LogP contribution in [0.2, 0.25) is 0 Å². The highest BCUT2D eigenvalue weighted by molar-refractivity contribution is 5.85. The van der Waals surface area contributed by atoms with Gasteiger partial charge in [0, 0.05) is 62.0 Å². The van der Waals surface area contributed by atoms with Gasteiger partial charge in [-0.3, -0.25) is 19.8 Å². The Morgan fingerprint density at radius 1 is 1.17 bits per heavy atom. The highest BCUT2D eigenvalue weighted by atomic mass is 16.6. The summed E-state index contributed by atoms with van der Waals surface area (Å²) < 4.78 is 7.70. The zero-order valence-electron chi connectivity index (χ0n) is 17.7. The van der Waals surface area contributed by atoms with E-state index in [1.807, 2.05) is 21.7 Å². The minimum Gasteiger partial charge on any atom is -0.373 e. The van der Waals surface area contributed by atoms with Gasteiger partial charge in [-0.2, -0.15) is 0 Å². The van der Waals surface area contributed by atoms with Gasteiger partial charge < -0.3 is 14.2 Å². The number of carbonyl (C=O) groups is 1. The van der Waals surface area contributed by atoms with Crippen LogP contribution in [0.25, 0.3) is 10.9 Å². The van der Waals surface area contributed by atoms with Crippen molar-refractivity contribution in [3.8, 4) is 0 Å². The second-order valence-corrected chi connectivity index (χ2v) is 8.74. The molecule has 1 aromatic carbocycles. The zero-order valence-corrected chi connectivity index (χ0v) is 17.7. The molecule has 162 valence electrons. The largest absolute Gasteiger partial charge is 0.373 e. The molecule has 2 aliphatic heterocycles. The van der Waals surface area contributed by atoms with Crippen LogP contribution in [0.4, 0.5) is 5.69 Å². The van der Waals surface area contributed by atoms with Crippen LogP contribution >= 0.6 is 0 Å². The number of nitro benzene ring substituents is 1. The molecule has 8 nitrogen and oxygen atoms in total. The van der Waals surface area contributed by atoms with E-state index >= 15 is 0 Å². The van der Waals surface area contributed by atoms with Crippen molar-refractivity contribution in [2.45, 2.75) is 45.4 Å². The second-order valence-electron chi connectivity index (χ2n) is 8.74. The van der Waals surface area contributed by atoms with E-state index in [4.69, 9.17) is 4.74 Å². The van der Waals surface area contributed by atoms with Gasteiger partial charge in [-0.25, -0.2) is 0 Å². The minimum absolute atomic E-state index is 0.0673. The van der Waals surface area contributed by atoms with Crippen molar-refractivity contribution in [3.63, 3.8) is 0 Å². The van der Waals surface area contributed by atoms with Gasteiger partial charge in [0.1, 0.15) is 6.54 Å². The molecule has 0 N–H and O–H groups in total. The molecule has 30 heavy (non-hydrogen) atoms. The molecule has 2 aliphatic rings. The van der Waals surface area contributed by atoms with Crippen LogP contribution in [0, 0.1) is 16.0 Å². The monoisotopic (exact) mass is 414 g/mol. The Kier molecular flexibility index (Phi) is 6.06. The molecule has 1 aromatic heterocycles. The maximum absolute atomic E-state index is 12.8. The van der Waals surface area contributed by atoms with E-state index in [9.17, 15) is 14.9 Å². The molecular weight excluding hydrogens is 384 g/mol. The third kappa shape index (κ3) is 4.65. The van der Waals surface area contributed by atoms with E-state index < -0.39 is 4.92 Å². The van der Waals surface area contributed by atoms with E-state index in [1.54, 1.807) is 12.1 Å². The fourth-order valence-electron chi connectivity index (χ4n) is 4.85. The number of nitro groups is 1. The first-order valence-electron chi connectivity index (χ1n) is 10.8. The van der Waals surface area contributed by atoms with Crippen molar-refractivity contribution in [3.05, 3.63) is 40.6 Å². The summed E-state index contributed by atoms with van der Waals surface area (Å²) in [4.78, 5) is 27.8. The Hall–Kier alpha value is -2.45. The number of hydrogen-bond donors (Lipinski definition) is 0. The minimum atomic E-state index is -0.399.